The van der Waals surface area contributed by atoms with Crippen LogP contribution in [0.3, 0.4) is 0 Å². The standard InChI is InChI=1S/C9H7F2NO3/c1-14-6-3-2-4-7(15-9(10)11)8(6)12-5-13/h2-4,9H,1H3. The van der Waals surface area contributed by atoms with Gasteiger partial charge in [0.15, 0.2) is 11.4 Å². The zero-order chi connectivity index (χ0) is 11.3. The van der Waals surface area contributed by atoms with Crippen LogP contribution < -0.4 is 9.47 Å². The summed E-state index contributed by atoms with van der Waals surface area (Å²) < 4.78 is 32.9. The molecule has 15 heavy (non-hydrogen) atoms. The van der Waals surface area contributed by atoms with E-state index in [2.05, 4.69) is 9.73 Å². The molecule has 0 fully saturated rings. The van der Waals surface area contributed by atoms with Gasteiger partial charge in [-0.15, -0.1) is 0 Å². The van der Waals surface area contributed by atoms with E-state index in [1.807, 2.05) is 0 Å². The van der Waals surface area contributed by atoms with Gasteiger partial charge in [-0.3, -0.25) is 0 Å². The number of alkyl halides is 2. The van der Waals surface area contributed by atoms with Crippen LogP contribution in [0.5, 0.6) is 11.5 Å². The van der Waals surface area contributed by atoms with Crippen molar-refractivity contribution in [2.75, 3.05) is 7.11 Å². The van der Waals surface area contributed by atoms with Gasteiger partial charge in [0.2, 0.25) is 6.08 Å². The van der Waals surface area contributed by atoms with Gasteiger partial charge in [-0.05, 0) is 12.1 Å². The van der Waals surface area contributed by atoms with Crippen molar-refractivity contribution in [1.82, 2.24) is 0 Å². The minimum atomic E-state index is -2.99. The first-order valence-electron chi connectivity index (χ1n) is 3.88. The van der Waals surface area contributed by atoms with Crippen LogP contribution >= 0.6 is 0 Å². The molecule has 0 aliphatic heterocycles. The second-order valence-corrected chi connectivity index (χ2v) is 2.39. The minimum Gasteiger partial charge on any atom is -0.494 e. The fourth-order valence-corrected chi connectivity index (χ4v) is 1.01. The molecule has 0 amide bonds. The summed E-state index contributed by atoms with van der Waals surface area (Å²) >= 11 is 0. The maximum Gasteiger partial charge on any atom is 0.387 e. The van der Waals surface area contributed by atoms with E-state index in [-0.39, 0.29) is 17.2 Å². The molecule has 0 saturated heterocycles. The lowest BCUT2D eigenvalue weighted by Crippen LogP contribution is -2.02. The molecular formula is C9H7F2NO3. The van der Waals surface area contributed by atoms with E-state index in [1.165, 1.54) is 31.4 Å². The minimum absolute atomic E-state index is 0.102. The lowest BCUT2D eigenvalue weighted by molar-refractivity contribution is -0.0495. The topological polar surface area (TPSA) is 47.9 Å². The van der Waals surface area contributed by atoms with E-state index in [4.69, 9.17) is 4.74 Å². The van der Waals surface area contributed by atoms with Gasteiger partial charge in [-0.25, -0.2) is 4.79 Å². The summed E-state index contributed by atoms with van der Waals surface area (Å²) in [5.41, 5.74) is -0.102. The highest BCUT2D eigenvalue weighted by atomic mass is 19.3. The lowest BCUT2D eigenvalue weighted by Gasteiger charge is -2.09. The fourth-order valence-electron chi connectivity index (χ4n) is 1.01. The van der Waals surface area contributed by atoms with Crippen molar-refractivity contribution in [3.05, 3.63) is 18.2 Å². The summed E-state index contributed by atoms with van der Waals surface area (Å²) in [4.78, 5) is 13.3. The van der Waals surface area contributed by atoms with Crippen LogP contribution in [-0.4, -0.2) is 19.8 Å². The van der Waals surface area contributed by atoms with Gasteiger partial charge in [-0.2, -0.15) is 13.8 Å². The molecule has 0 saturated carbocycles. The van der Waals surface area contributed by atoms with Crippen molar-refractivity contribution >= 4 is 11.8 Å². The number of nitrogens with zero attached hydrogens (tertiary/aromatic N) is 1. The van der Waals surface area contributed by atoms with Crippen molar-refractivity contribution in [1.29, 1.82) is 0 Å². The van der Waals surface area contributed by atoms with E-state index >= 15 is 0 Å². The third-order valence-electron chi connectivity index (χ3n) is 1.56. The molecule has 1 aromatic carbocycles. The molecule has 1 rings (SSSR count). The van der Waals surface area contributed by atoms with Crippen molar-refractivity contribution in [2.45, 2.75) is 6.61 Å². The summed E-state index contributed by atoms with van der Waals surface area (Å²) in [6.07, 6.45) is 1.24. The Balaban J connectivity index is 3.18. The van der Waals surface area contributed by atoms with Crippen molar-refractivity contribution in [3.8, 4) is 11.5 Å². The third-order valence-corrected chi connectivity index (χ3v) is 1.56. The van der Waals surface area contributed by atoms with Crippen LogP contribution in [0.2, 0.25) is 0 Å². The molecule has 0 aromatic heterocycles. The Bertz CT molecular complexity index is 389. The first-order chi connectivity index (χ1) is 7.19. The second kappa shape index (κ2) is 5.07. The average molecular weight is 215 g/mol. The Labute approximate surface area is 84.1 Å². The molecule has 0 spiro atoms. The molecule has 0 bridgehead atoms. The van der Waals surface area contributed by atoms with Crippen LogP contribution in [0.15, 0.2) is 23.2 Å². The Kier molecular flexibility index (Phi) is 3.76. The van der Waals surface area contributed by atoms with Crippen LogP contribution in [0.25, 0.3) is 0 Å². The van der Waals surface area contributed by atoms with Gasteiger partial charge in [0.1, 0.15) is 5.75 Å². The first kappa shape index (κ1) is 11.1. The molecule has 0 radical (unpaired) electrons. The number of halogens is 2. The molecule has 1 aromatic rings. The van der Waals surface area contributed by atoms with Gasteiger partial charge in [-0.1, -0.05) is 6.07 Å². The molecule has 6 heteroatoms. The number of ether oxygens (including phenoxy) is 2. The Morgan fingerprint density at radius 3 is 2.60 bits per heavy atom. The first-order valence-corrected chi connectivity index (χ1v) is 3.88. The molecule has 0 aliphatic rings. The molecule has 4 nitrogen and oxygen atoms in total. The molecule has 0 heterocycles. The Morgan fingerprint density at radius 1 is 1.40 bits per heavy atom. The molecule has 0 unspecified atom stereocenters. The van der Waals surface area contributed by atoms with E-state index in [9.17, 15) is 13.6 Å². The molecule has 80 valence electrons. The van der Waals surface area contributed by atoms with Gasteiger partial charge in [0, 0.05) is 0 Å². The molecule has 0 N–H and O–H groups in total. The van der Waals surface area contributed by atoms with Crippen molar-refractivity contribution in [3.63, 3.8) is 0 Å². The molecule has 0 aliphatic carbocycles. The number of methoxy groups -OCH3 is 1. The smallest absolute Gasteiger partial charge is 0.387 e. The zero-order valence-electron chi connectivity index (χ0n) is 7.74. The summed E-state index contributed by atoms with van der Waals surface area (Å²) in [5, 5.41) is 0. The van der Waals surface area contributed by atoms with Gasteiger partial charge in [0.25, 0.3) is 0 Å². The Morgan fingerprint density at radius 2 is 2.07 bits per heavy atom. The average Bonchev–Trinajstić information content (AvgIpc) is 2.20. The number of isocyanates is 1. The fraction of sp³-hybridized carbons (Fsp3) is 0.222. The summed E-state index contributed by atoms with van der Waals surface area (Å²) in [5.74, 6) is -0.0656. The summed E-state index contributed by atoms with van der Waals surface area (Å²) in [7, 11) is 1.32. The highest BCUT2D eigenvalue weighted by Gasteiger charge is 2.13. The second-order valence-electron chi connectivity index (χ2n) is 2.39. The highest BCUT2D eigenvalue weighted by molar-refractivity contribution is 5.65. The third kappa shape index (κ3) is 2.75. The van der Waals surface area contributed by atoms with Crippen LogP contribution in [-0.2, 0) is 4.79 Å². The number of benzene rings is 1. The van der Waals surface area contributed by atoms with Crippen molar-refractivity contribution in [2.24, 2.45) is 4.99 Å². The number of carbonyl (C=O) groups excluding carboxylic acids is 1. The van der Waals surface area contributed by atoms with Crippen LogP contribution in [0.4, 0.5) is 14.5 Å². The number of hydrogen-bond donors (Lipinski definition) is 0. The van der Waals surface area contributed by atoms with E-state index in [1.54, 1.807) is 0 Å². The van der Waals surface area contributed by atoms with E-state index in [0.29, 0.717) is 0 Å². The lowest BCUT2D eigenvalue weighted by atomic mass is 10.2. The largest absolute Gasteiger partial charge is 0.494 e. The van der Waals surface area contributed by atoms with E-state index < -0.39 is 6.61 Å². The van der Waals surface area contributed by atoms with Crippen molar-refractivity contribution < 1.29 is 23.0 Å². The molecular weight excluding hydrogens is 208 g/mol. The predicted octanol–water partition coefficient (Wildman–Crippen LogP) is 2.26. The normalized spacial score (nSPS) is 9.60. The van der Waals surface area contributed by atoms with Crippen LogP contribution in [0, 0.1) is 0 Å². The van der Waals surface area contributed by atoms with Gasteiger partial charge >= 0.3 is 6.61 Å². The van der Waals surface area contributed by atoms with Crippen LogP contribution in [0.1, 0.15) is 0 Å². The summed E-state index contributed by atoms with van der Waals surface area (Å²) in [6, 6.07) is 4.17. The van der Waals surface area contributed by atoms with Gasteiger partial charge in [0.05, 0.1) is 7.11 Å². The van der Waals surface area contributed by atoms with Gasteiger partial charge < -0.3 is 9.47 Å². The monoisotopic (exact) mass is 215 g/mol. The number of aliphatic imine (C=N–C) groups is 1. The summed E-state index contributed by atoms with van der Waals surface area (Å²) in [6.45, 7) is -2.99. The number of para-hydroxylation sites is 1. The maximum absolute atomic E-state index is 12.0. The number of rotatable bonds is 4. The predicted molar refractivity (Wildman–Crippen MR) is 47.4 cm³/mol. The molecule has 0 atom stereocenters. The zero-order valence-corrected chi connectivity index (χ0v) is 7.74. The van der Waals surface area contributed by atoms with E-state index in [0.717, 1.165) is 0 Å². The Hall–Kier alpha value is -1.94. The highest BCUT2D eigenvalue weighted by Crippen LogP contribution is 2.37. The SMILES string of the molecule is COc1cccc(OC(F)F)c1N=C=O. The number of hydrogen-bond acceptors (Lipinski definition) is 4. The quantitative estimate of drug-likeness (QED) is 0.571. The maximum atomic E-state index is 12.0.